The first-order chi connectivity index (χ1) is 15.6. The standard InChI is InChI=1S/C28H20Cl2NO/c1-31-18-21(26-4-2-3-5-27(26)31)10-15-25-16-22(19-6-11-23(29)12-7-19)17-28(32-25)20-8-13-24(30)14-9-20/h2-18H,1H3/q+1. The van der Waals surface area contributed by atoms with E-state index >= 15 is 0 Å². The smallest absolute Gasteiger partial charge is 0.213 e. The molecule has 0 N–H and O–H groups in total. The topological polar surface area (TPSA) is 12.2 Å². The Kier molecular flexibility index (Phi) is 5.57. The van der Waals surface area contributed by atoms with Crippen LogP contribution in [0.15, 0.2) is 103 Å². The Morgan fingerprint density at radius 2 is 1.41 bits per heavy atom. The molecular formula is C28H20Cl2NO+. The largest absolute Gasteiger partial charge is 0.457 e. The molecule has 4 heteroatoms. The Morgan fingerprint density at radius 3 is 2.12 bits per heavy atom. The lowest BCUT2D eigenvalue weighted by Crippen LogP contribution is -1.99. The summed E-state index contributed by atoms with van der Waals surface area (Å²) in [6.45, 7) is 0. The second kappa shape index (κ2) is 8.66. The predicted molar refractivity (Wildman–Crippen MR) is 134 cm³/mol. The summed E-state index contributed by atoms with van der Waals surface area (Å²) in [6.07, 6.45) is 10.3. The number of fused-ring (bicyclic) bond motifs is 1. The maximum Gasteiger partial charge on any atom is 0.213 e. The second-order valence-corrected chi connectivity index (χ2v) is 8.55. The third-order valence-electron chi connectivity index (χ3n) is 5.47. The van der Waals surface area contributed by atoms with Gasteiger partial charge in [0.1, 0.15) is 18.6 Å². The van der Waals surface area contributed by atoms with Crippen molar-refractivity contribution in [1.29, 1.82) is 0 Å². The molecule has 0 atom stereocenters. The van der Waals surface area contributed by atoms with E-state index in [-0.39, 0.29) is 0 Å². The molecule has 0 radical (unpaired) electrons. The van der Waals surface area contributed by atoms with Gasteiger partial charge < -0.3 is 4.74 Å². The SMILES string of the molecule is C[N+]1=CC(=CC=C2C=C(c3ccc(Cl)cc3)C=C(c3ccc(Cl)cc3)O2)c2ccccc21. The van der Waals surface area contributed by atoms with Crippen LogP contribution in [-0.2, 0) is 4.74 Å². The van der Waals surface area contributed by atoms with Gasteiger partial charge in [0.15, 0.2) is 6.21 Å². The third kappa shape index (κ3) is 4.20. The van der Waals surface area contributed by atoms with Gasteiger partial charge in [-0.15, -0.1) is 0 Å². The number of ether oxygens (including phenoxy) is 1. The summed E-state index contributed by atoms with van der Waals surface area (Å²) in [5, 5.41) is 1.40. The Morgan fingerprint density at radius 1 is 0.750 bits per heavy atom. The molecule has 2 aliphatic rings. The Labute approximate surface area is 197 Å². The highest BCUT2D eigenvalue weighted by atomic mass is 35.5. The average Bonchev–Trinajstić information content (AvgIpc) is 3.14. The highest BCUT2D eigenvalue weighted by Gasteiger charge is 2.22. The van der Waals surface area contributed by atoms with Gasteiger partial charge in [0.25, 0.3) is 0 Å². The number of hydrogen-bond donors (Lipinski definition) is 0. The van der Waals surface area contributed by atoms with E-state index in [0.29, 0.717) is 10.0 Å². The summed E-state index contributed by atoms with van der Waals surface area (Å²) < 4.78 is 8.40. The minimum Gasteiger partial charge on any atom is -0.457 e. The molecule has 2 aliphatic heterocycles. The van der Waals surface area contributed by atoms with Gasteiger partial charge in [0.2, 0.25) is 5.69 Å². The summed E-state index contributed by atoms with van der Waals surface area (Å²) in [4.78, 5) is 0. The minimum atomic E-state index is 0.693. The quantitative estimate of drug-likeness (QED) is 0.366. The number of hydrogen-bond acceptors (Lipinski definition) is 1. The Hall–Kier alpha value is -3.33. The third-order valence-corrected chi connectivity index (χ3v) is 5.98. The van der Waals surface area contributed by atoms with Crippen molar-refractivity contribution in [2.45, 2.75) is 0 Å². The van der Waals surface area contributed by atoms with Crippen LogP contribution in [0.1, 0.15) is 16.7 Å². The van der Waals surface area contributed by atoms with E-state index in [1.807, 2.05) is 66.8 Å². The molecule has 0 amide bonds. The fourth-order valence-corrected chi connectivity index (χ4v) is 4.10. The van der Waals surface area contributed by atoms with E-state index in [9.17, 15) is 0 Å². The number of halogens is 2. The van der Waals surface area contributed by atoms with Crippen LogP contribution in [0.4, 0.5) is 5.69 Å². The van der Waals surface area contributed by atoms with Gasteiger partial charge in [-0.2, -0.15) is 0 Å². The van der Waals surface area contributed by atoms with E-state index in [4.69, 9.17) is 27.9 Å². The van der Waals surface area contributed by atoms with Crippen LogP contribution >= 0.6 is 23.2 Å². The summed E-state index contributed by atoms with van der Waals surface area (Å²) in [7, 11) is 2.06. The monoisotopic (exact) mass is 456 g/mol. The summed E-state index contributed by atoms with van der Waals surface area (Å²) >= 11 is 12.2. The van der Waals surface area contributed by atoms with Crippen molar-refractivity contribution in [2.24, 2.45) is 0 Å². The van der Waals surface area contributed by atoms with E-state index in [0.717, 1.165) is 33.8 Å². The fraction of sp³-hybridized carbons (Fsp3) is 0.0357. The molecule has 156 valence electrons. The van der Waals surface area contributed by atoms with Crippen LogP contribution in [-0.4, -0.2) is 17.8 Å². The van der Waals surface area contributed by atoms with Gasteiger partial charge in [-0.1, -0.05) is 47.5 Å². The van der Waals surface area contributed by atoms with Gasteiger partial charge in [-0.25, -0.2) is 4.58 Å². The first-order valence-corrected chi connectivity index (χ1v) is 11.0. The second-order valence-electron chi connectivity index (χ2n) is 7.67. The van der Waals surface area contributed by atoms with E-state index in [1.165, 1.54) is 11.3 Å². The lowest BCUT2D eigenvalue weighted by Gasteiger charge is -2.18. The van der Waals surface area contributed by atoms with Gasteiger partial charge in [0, 0.05) is 21.7 Å². The van der Waals surface area contributed by atoms with Crippen LogP contribution < -0.4 is 0 Å². The lowest BCUT2D eigenvalue weighted by atomic mass is 10.00. The van der Waals surface area contributed by atoms with Crippen LogP contribution in [0.5, 0.6) is 0 Å². The van der Waals surface area contributed by atoms with Crippen LogP contribution in [0.25, 0.3) is 16.9 Å². The molecule has 0 fully saturated rings. The number of allylic oxidation sites excluding steroid dienone is 6. The number of nitrogens with zero attached hydrogens (tertiary/aromatic N) is 1. The number of benzene rings is 3. The molecular weight excluding hydrogens is 437 g/mol. The van der Waals surface area contributed by atoms with Crippen molar-refractivity contribution in [1.82, 2.24) is 0 Å². The molecule has 3 aromatic carbocycles. The van der Waals surface area contributed by atoms with Crippen LogP contribution in [0.2, 0.25) is 10.0 Å². The first-order valence-electron chi connectivity index (χ1n) is 10.3. The highest BCUT2D eigenvalue weighted by Crippen LogP contribution is 2.34. The molecule has 0 aliphatic carbocycles. The predicted octanol–water partition coefficient (Wildman–Crippen LogP) is 7.77. The zero-order valence-corrected chi connectivity index (χ0v) is 18.9. The normalized spacial score (nSPS) is 17.5. The van der Waals surface area contributed by atoms with Crippen LogP contribution in [0, 0.1) is 0 Å². The molecule has 0 saturated carbocycles. The molecule has 0 spiro atoms. The van der Waals surface area contributed by atoms with Gasteiger partial charge >= 0.3 is 0 Å². The van der Waals surface area contributed by atoms with Crippen molar-refractivity contribution in [2.75, 3.05) is 7.05 Å². The Balaban J connectivity index is 1.55. The molecule has 0 unspecified atom stereocenters. The fourth-order valence-electron chi connectivity index (χ4n) is 3.85. The Bertz CT molecular complexity index is 1340. The number of para-hydroxylation sites is 1. The molecule has 2 heterocycles. The maximum atomic E-state index is 6.27. The van der Waals surface area contributed by atoms with Crippen molar-refractivity contribution in [3.05, 3.63) is 130 Å². The van der Waals surface area contributed by atoms with Crippen molar-refractivity contribution in [3.8, 4) is 0 Å². The van der Waals surface area contributed by atoms with Crippen molar-refractivity contribution >= 4 is 52.0 Å². The van der Waals surface area contributed by atoms with E-state index in [1.54, 1.807) is 0 Å². The first kappa shape index (κ1) is 20.6. The highest BCUT2D eigenvalue weighted by molar-refractivity contribution is 6.30. The van der Waals surface area contributed by atoms with E-state index < -0.39 is 0 Å². The van der Waals surface area contributed by atoms with Crippen molar-refractivity contribution in [3.63, 3.8) is 0 Å². The molecule has 32 heavy (non-hydrogen) atoms. The van der Waals surface area contributed by atoms with E-state index in [2.05, 4.69) is 48.2 Å². The summed E-state index contributed by atoms with van der Waals surface area (Å²) in [5.74, 6) is 1.53. The number of rotatable bonds is 3. The minimum absolute atomic E-state index is 0.693. The molecule has 0 saturated heterocycles. The van der Waals surface area contributed by atoms with Gasteiger partial charge in [-0.05, 0) is 77.9 Å². The lowest BCUT2D eigenvalue weighted by molar-refractivity contribution is -0.395. The molecule has 5 rings (SSSR count). The van der Waals surface area contributed by atoms with Gasteiger partial charge in [-0.3, -0.25) is 0 Å². The molecule has 0 bridgehead atoms. The van der Waals surface area contributed by atoms with Crippen molar-refractivity contribution < 1.29 is 9.31 Å². The van der Waals surface area contributed by atoms with Gasteiger partial charge in [0.05, 0.1) is 11.1 Å². The zero-order valence-electron chi connectivity index (χ0n) is 17.4. The zero-order chi connectivity index (χ0) is 22.1. The molecule has 3 aromatic rings. The average molecular weight is 457 g/mol. The molecule has 2 nitrogen and oxygen atoms in total. The van der Waals surface area contributed by atoms with Crippen LogP contribution in [0.3, 0.4) is 0 Å². The summed E-state index contributed by atoms with van der Waals surface area (Å²) in [5.41, 5.74) is 6.63. The molecule has 0 aromatic heterocycles. The maximum absolute atomic E-state index is 6.27. The summed E-state index contributed by atoms with van der Waals surface area (Å²) in [6, 6.07) is 23.9.